The van der Waals surface area contributed by atoms with E-state index in [1.54, 1.807) is 0 Å². The molecule has 0 spiro atoms. The van der Waals surface area contributed by atoms with Crippen LogP contribution in [0.25, 0.3) is 0 Å². The van der Waals surface area contributed by atoms with Gasteiger partial charge in [0.1, 0.15) is 0 Å². The van der Waals surface area contributed by atoms with E-state index in [1.807, 2.05) is 0 Å². The normalized spacial score (nSPS) is 23.7. The van der Waals surface area contributed by atoms with Crippen LogP contribution in [0.1, 0.15) is 64.6 Å². The van der Waals surface area contributed by atoms with Gasteiger partial charge in [0.25, 0.3) is 0 Å². The van der Waals surface area contributed by atoms with E-state index in [9.17, 15) is 0 Å². The quantitative estimate of drug-likeness (QED) is 0.903. The molecule has 0 aromatic carbocycles. The van der Waals surface area contributed by atoms with Gasteiger partial charge in [0, 0.05) is 24.0 Å². The molecule has 1 aromatic rings. The van der Waals surface area contributed by atoms with E-state index >= 15 is 0 Å². The second-order valence-electron chi connectivity index (χ2n) is 7.57. The zero-order chi connectivity index (χ0) is 14.9. The standard InChI is InChI=1S/C16H28N4O/c1-16(2,3)15-18-14(19-21-15)11-20(13-7-8-13)10-12-6-4-5-9-17-12/h12-13,17H,4-11H2,1-3H3. The molecule has 1 unspecified atom stereocenters. The molecule has 2 fully saturated rings. The Balaban J connectivity index is 1.61. The summed E-state index contributed by atoms with van der Waals surface area (Å²) in [5.41, 5.74) is -0.0689. The first-order valence-electron chi connectivity index (χ1n) is 8.33. The molecule has 1 saturated carbocycles. The summed E-state index contributed by atoms with van der Waals surface area (Å²) in [5.74, 6) is 1.58. The second-order valence-corrected chi connectivity index (χ2v) is 7.57. The Morgan fingerprint density at radius 3 is 2.62 bits per heavy atom. The Hall–Kier alpha value is -0.940. The predicted molar refractivity (Wildman–Crippen MR) is 82.1 cm³/mol. The molecule has 3 rings (SSSR count). The summed E-state index contributed by atoms with van der Waals surface area (Å²) < 4.78 is 5.42. The SMILES string of the molecule is CC(C)(C)c1nc(CN(CC2CCCCN2)C2CC2)no1. The second kappa shape index (κ2) is 6.05. The van der Waals surface area contributed by atoms with Crippen LogP contribution in [0, 0.1) is 0 Å². The summed E-state index contributed by atoms with van der Waals surface area (Å²) in [4.78, 5) is 7.13. The minimum Gasteiger partial charge on any atom is -0.339 e. The van der Waals surface area contributed by atoms with Crippen molar-refractivity contribution in [3.05, 3.63) is 11.7 Å². The minimum atomic E-state index is -0.0689. The van der Waals surface area contributed by atoms with Crippen LogP contribution in [0.5, 0.6) is 0 Å². The largest absolute Gasteiger partial charge is 0.339 e. The Morgan fingerprint density at radius 2 is 2.05 bits per heavy atom. The van der Waals surface area contributed by atoms with Gasteiger partial charge in [-0.1, -0.05) is 32.3 Å². The van der Waals surface area contributed by atoms with Gasteiger partial charge in [-0.2, -0.15) is 4.98 Å². The number of rotatable bonds is 5. The van der Waals surface area contributed by atoms with Crippen molar-refractivity contribution in [3.63, 3.8) is 0 Å². The van der Waals surface area contributed by atoms with E-state index in [-0.39, 0.29) is 5.41 Å². The molecule has 1 N–H and O–H groups in total. The van der Waals surface area contributed by atoms with E-state index in [1.165, 1.54) is 38.6 Å². The van der Waals surface area contributed by atoms with Gasteiger partial charge in [-0.25, -0.2) is 0 Å². The number of piperidine rings is 1. The molecule has 2 aliphatic rings. The van der Waals surface area contributed by atoms with Gasteiger partial charge in [0.15, 0.2) is 5.82 Å². The lowest BCUT2D eigenvalue weighted by atomic mass is 9.97. The average molecular weight is 292 g/mol. The van der Waals surface area contributed by atoms with Crippen LogP contribution in [0.4, 0.5) is 0 Å². The van der Waals surface area contributed by atoms with E-state index in [4.69, 9.17) is 4.52 Å². The van der Waals surface area contributed by atoms with Crippen molar-refractivity contribution in [1.29, 1.82) is 0 Å². The Kier molecular flexibility index (Phi) is 4.31. The maximum Gasteiger partial charge on any atom is 0.232 e. The molecular formula is C16H28N4O. The highest BCUT2D eigenvalue weighted by Crippen LogP contribution is 2.29. The number of nitrogens with one attached hydrogen (secondary N) is 1. The lowest BCUT2D eigenvalue weighted by Gasteiger charge is -2.29. The molecule has 118 valence electrons. The summed E-state index contributed by atoms with van der Waals surface area (Å²) in [6.45, 7) is 9.42. The smallest absolute Gasteiger partial charge is 0.232 e. The highest BCUT2D eigenvalue weighted by atomic mass is 16.5. The molecule has 1 aromatic heterocycles. The number of nitrogens with zero attached hydrogens (tertiary/aromatic N) is 3. The summed E-state index contributed by atoms with van der Waals surface area (Å²) >= 11 is 0. The van der Waals surface area contributed by atoms with E-state index in [0.717, 1.165) is 30.8 Å². The minimum absolute atomic E-state index is 0.0689. The molecule has 21 heavy (non-hydrogen) atoms. The summed E-state index contributed by atoms with van der Waals surface area (Å²) in [7, 11) is 0. The van der Waals surface area contributed by atoms with Crippen LogP contribution in [0.15, 0.2) is 4.52 Å². The zero-order valence-corrected chi connectivity index (χ0v) is 13.6. The molecular weight excluding hydrogens is 264 g/mol. The highest BCUT2D eigenvalue weighted by Gasteiger charge is 2.32. The molecule has 1 aliphatic heterocycles. The van der Waals surface area contributed by atoms with Crippen molar-refractivity contribution >= 4 is 0 Å². The fraction of sp³-hybridized carbons (Fsp3) is 0.875. The fourth-order valence-corrected chi connectivity index (χ4v) is 2.95. The van der Waals surface area contributed by atoms with Gasteiger partial charge < -0.3 is 9.84 Å². The monoisotopic (exact) mass is 292 g/mol. The van der Waals surface area contributed by atoms with Crippen LogP contribution in [-0.2, 0) is 12.0 Å². The molecule has 0 bridgehead atoms. The van der Waals surface area contributed by atoms with Gasteiger partial charge in [-0.15, -0.1) is 0 Å². The van der Waals surface area contributed by atoms with Crippen molar-refractivity contribution in [2.45, 2.75) is 76.9 Å². The van der Waals surface area contributed by atoms with Crippen LogP contribution < -0.4 is 5.32 Å². The number of hydrogen-bond donors (Lipinski definition) is 1. The number of aromatic nitrogens is 2. The summed E-state index contributed by atoms with van der Waals surface area (Å²) in [6, 6.07) is 1.36. The maximum absolute atomic E-state index is 5.42. The topological polar surface area (TPSA) is 54.2 Å². The zero-order valence-electron chi connectivity index (χ0n) is 13.6. The van der Waals surface area contributed by atoms with Gasteiger partial charge in [0.05, 0.1) is 6.54 Å². The van der Waals surface area contributed by atoms with Crippen molar-refractivity contribution in [2.24, 2.45) is 0 Å². The summed E-state index contributed by atoms with van der Waals surface area (Å²) in [5, 5.41) is 7.82. The third kappa shape index (κ3) is 4.04. The molecule has 5 nitrogen and oxygen atoms in total. The molecule has 2 heterocycles. The number of hydrogen-bond acceptors (Lipinski definition) is 5. The first kappa shape index (κ1) is 15.0. The predicted octanol–water partition coefficient (Wildman–Crippen LogP) is 2.47. The molecule has 1 atom stereocenters. The third-order valence-electron chi connectivity index (χ3n) is 4.38. The van der Waals surface area contributed by atoms with E-state index in [2.05, 4.69) is 41.1 Å². The molecule has 0 amide bonds. The first-order chi connectivity index (χ1) is 10.0. The van der Waals surface area contributed by atoms with E-state index < -0.39 is 0 Å². The van der Waals surface area contributed by atoms with Crippen LogP contribution in [0.2, 0.25) is 0 Å². The van der Waals surface area contributed by atoms with Crippen molar-refractivity contribution in [3.8, 4) is 0 Å². The van der Waals surface area contributed by atoms with Gasteiger partial charge >= 0.3 is 0 Å². The van der Waals surface area contributed by atoms with Gasteiger partial charge in [0.2, 0.25) is 5.89 Å². The van der Waals surface area contributed by atoms with Crippen LogP contribution in [-0.4, -0.2) is 40.2 Å². The Labute approximate surface area is 127 Å². The maximum atomic E-state index is 5.42. The lowest BCUT2D eigenvalue weighted by molar-refractivity contribution is 0.201. The first-order valence-corrected chi connectivity index (χ1v) is 8.33. The third-order valence-corrected chi connectivity index (χ3v) is 4.38. The molecule has 1 saturated heterocycles. The fourth-order valence-electron chi connectivity index (χ4n) is 2.95. The average Bonchev–Trinajstić information content (AvgIpc) is 3.17. The van der Waals surface area contributed by atoms with Gasteiger partial charge in [-0.3, -0.25) is 4.90 Å². The lowest BCUT2D eigenvalue weighted by Crippen LogP contribution is -2.44. The Bertz CT molecular complexity index is 455. The van der Waals surface area contributed by atoms with Crippen LogP contribution in [0.3, 0.4) is 0 Å². The van der Waals surface area contributed by atoms with Crippen LogP contribution >= 0.6 is 0 Å². The van der Waals surface area contributed by atoms with Gasteiger partial charge in [-0.05, 0) is 32.2 Å². The highest BCUT2D eigenvalue weighted by molar-refractivity contribution is 4.99. The van der Waals surface area contributed by atoms with Crippen molar-refractivity contribution in [2.75, 3.05) is 13.1 Å². The molecule has 5 heteroatoms. The molecule has 0 radical (unpaired) electrons. The van der Waals surface area contributed by atoms with Crippen molar-refractivity contribution in [1.82, 2.24) is 20.4 Å². The van der Waals surface area contributed by atoms with Crippen molar-refractivity contribution < 1.29 is 4.52 Å². The van der Waals surface area contributed by atoms with E-state index in [0.29, 0.717) is 6.04 Å². The Morgan fingerprint density at radius 1 is 1.24 bits per heavy atom. The molecule has 1 aliphatic carbocycles. The summed E-state index contributed by atoms with van der Waals surface area (Å²) in [6.07, 6.45) is 6.60.